The first-order chi connectivity index (χ1) is 14.6. The number of carbonyl (C=O) groups excluding carboxylic acids is 3. The Labute approximate surface area is 182 Å². The lowest BCUT2D eigenvalue weighted by molar-refractivity contribution is -0.128. The summed E-state index contributed by atoms with van der Waals surface area (Å²) in [7, 11) is 0. The third-order valence-electron chi connectivity index (χ3n) is 6.01. The van der Waals surface area contributed by atoms with E-state index in [2.05, 4.69) is 0 Å². The van der Waals surface area contributed by atoms with Crippen LogP contribution in [0.1, 0.15) is 49.5 Å². The van der Waals surface area contributed by atoms with Gasteiger partial charge in [-0.05, 0) is 39.2 Å². The molecule has 1 aliphatic heterocycles. The Morgan fingerprint density at radius 1 is 1.19 bits per heavy atom. The summed E-state index contributed by atoms with van der Waals surface area (Å²) in [5, 5.41) is 0.0557. The largest absolute Gasteiger partial charge is 0.366 e. The normalized spacial score (nSPS) is 18.8. The number of fused-ring (bicyclic) bond motifs is 1. The molecule has 0 spiro atoms. The number of anilines is 1. The van der Waals surface area contributed by atoms with Gasteiger partial charge in [-0.2, -0.15) is 0 Å². The zero-order valence-corrected chi connectivity index (χ0v) is 18.0. The number of halogens is 2. The maximum Gasteiger partial charge on any atom is 0.200 e. The summed E-state index contributed by atoms with van der Waals surface area (Å²) in [5.74, 6) is -4.37. The number of rotatable bonds is 6. The fourth-order valence-electron chi connectivity index (χ4n) is 4.34. The molecular weight excluding hydrogens is 425 g/mol. The van der Waals surface area contributed by atoms with Crippen molar-refractivity contribution in [2.45, 2.75) is 45.2 Å². The van der Waals surface area contributed by atoms with Gasteiger partial charge in [0.25, 0.3) is 0 Å². The fraction of sp³-hybridized carbons (Fsp3) is 0.455. The standard InChI is InChI=1S/C22H23ClFN3O4/c1-10(28)17(11(2)29)22(31)15-9-27(13-3-4-13)19-14(21(15)30)7-16(24)20(18(19)23)26-6-5-12(25)8-26/h7,9,12-13,17H,3-6,8,25H2,1-2H3. The van der Waals surface area contributed by atoms with Crippen LogP contribution < -0.4 is 16.1 Å². The van der Waals surface area contributed by atoms with E-state index < -0.39 is 34.5 Å². The van der Waals surface area contributed by atoms with Crippen LogP contribution in [-0.4, -0.2) is 41.0 Å². The van der Waals surface area contributed by atoms with E-state index in [1.54, 1.807) is 9.47 Å². The molecule has 31 heavy (non-hydrogen) atoms. The van der Waals surface area contributed by atoms with Gasteiger partial charge >= 0.3 is 0 Å². The van der Waals surface area contributed by atoms with Gasteiger partial charge in [-0.3, -0.25) is 19.2 Å². The Balaban J connectivity index is 1.96. The van der Waals surface area contributed by atoms with Gasteiger partial charge in [0.15, 0.2) is 11.2 Å². The van der Waals surface area contributed by atoms with Gasteiger partial charge in [-0.25, -0.2) is 4.39 Å². The van der Waals surface area contributed by atoms with Gasteiger partial charge in [-0.1, -0.05) is 11.6 Å². The summed E-state index contributed by atoms with van der Waals surface area (Å²) in [6.45, 7) is 3.26. The Morgan fingerprint density at radius 3 is 2.35 bits per heavy atom. The number of ketones is 3. The highest BCUT2D eigenvalue weighted by Gasteiger charge is 2.35. The Morgan fingerprint density at radius 2 is 1.84 bits per heavy atom. The highest BCUT2D eigenvalue weighted by Crippen LogP contribution is 2.42. The smallest absolute Gasteiger partial charge is 0.200 e. The van der Waals surface area contributed by atoms with E-state index in [9.17, 15) is 19.2 Å². The second-order valence-electron chi connectivity index (χ2n) is 8.44. The monoisotopic (exact) mass is 447 g/mol. The van der Waals surface area contributed by atoms with Crippen molar-refractivity contribution < 1.29 is 18.8 Å². The summed E-state index contributed by atoms with van der Waals surface area (Å²) in [6, 6.07) is 1.00. The van der Waals surface area contributed by atoms with Crippen molar-refractivity contribution in [2.75, 3.05) is 18.0 Å². The first-order valence-electron chi connectivity index (χ1n) is 10.2. The van der Waals surface area contributed by atoms with Crippen LogP contribution in [0.2, 0.25) is 5.02 Å². The molecule has 4 rings (SSSR count). The molecule has 2 N–H and O–H groups in total. The molecule has 2 heterocycles. The average Bonchev–Trinajstić information content (AvgIpc) is 3.43. The lowest BCUT2D eigenvalue weighted by Gasteiger charge is -2.23. The van der Waals surface area contributed by atoms with Gasteiger partial charge in [0.1, 0.15) is 23.3 Å². The number of nitrogens with zero attached hydrogens (tertiary/aromatic N) is 2. The Bertz CT molecular complexity index is 1170. The minimum Gasteiger partial charge on any atom is -0.366 e. The number of pyridine rings is 1. The van der Waals surface area contributed by atoms with Gasteiger partial charge in [0, 0.05) is 31.4 Å². The summed E-state index contributed by atoms with van der Waals surface area (Å²) in [4.78, 5) is 51.7. The molecule has 0 radical (unpaired) electrons. The number of benzene rings is 1. The number of hydrogen-bond acceptors (Lipinski definition) is 6. The third-order valence-corrected chi connectivity index (χ3v) is 6.36. The van der Waals surface area contributed by atoms with E-state index >= 15 is 4.39 Å². The highest BCUT2D eigenvalue weighted by atomic mass is 35.5. The number of aromatic nitrogens is 1. The van der Waals surface area contributed by atoms with Crippen molar-refractivity contribution >= 4 is 45.5 Å². The first-order valence-corrected chi connectivity index (χ1v) is 10.6. The predicted molar refractivity (Wildman–Crippen MR) is 115 cm³/mol. The van der Waals surface area contributed by atoms with E-state index in [4.69, 9.17) is 17.3 Å². The van der Waals surface area contributed by atoms with Gasteiger partial charge in [-0.15, -0.1) is 0 Å². The van der Waals surface area contributed by atoms with Crippen molar-refractivity contribution in [1.82, 2.24) is 4.57 Å². The van der Waals surface area contributed by atoms with Crippen LogP contribution in [0.5, 0.6) is 0 Å². The van der Waals surface area contributed by atoms with Crippen LogP contribution in [-0.2, 0) is 9.59 Å². The van der Waals surface area contributed by atoms with Gasteiger partial charge in [0.05, 0.1) is 27.2 Å². The van der Waals surface area contributed by atoms with Crippen molar-refractivity contribution in [1.29, 1.82) is 0 Å². The molecule has 1 aliphatic carbocycles. The molecule has 164 valence electrons. The lowest BCUT2D eigenvalue weighted by atomic mass is 9.91. The molecule has 9 heteroatoms. The maximum atomic E-state index is 15.1. The third kappa shape index (κ3) is 3.68. The second-order valence-corrected chi connectivity index (χ2v) is 8.82. The number of nitrogens with two attached hydrogens (primary N) is 1. The van der Waals surface area contributed by atoms with Crippen LogP contribution in [0.25, 0.3) is 10.9 Å². The minimum atomic E-state index is -1.55. The molecular formula is C22H23ClFN3O4. The number of hydrogen-bond donors (Lipinski definition) is 1. The Hall–Kier alpha value is -2.58. The van der Waals surface area contributed by atoms with E-state index in [0.29, 0.717) is 25.0 Å². The van der Waals surface area contributed by atoms with E-state index in [-0.39, 0.29) is 33.7 Å². The predicted octanol–water partition coefficient (Wildman–Crippen LogP) is 2.64. The molecule has 1 atom stereocenters. The van der Waals surface area contributed by atoms with Crippen LogP contribution in [0.15, 0.2) is 17.1 Å². The molecule has 2 fully saturated rings. The lowest BCUT2D eigenvalue weighted by Crippen LogP contribution is -2.33. The first kappa shape index (κ1) is 21.6. The zero-order chi connectivity index (χ0) is 22.6. The van der Waals surface area contributed by atoms with Crippen molar-refractivity contribution in [2.24, 2.45) is 11.7 Å². The molecule has 0 bridgehead atoms. The molecule has 2 aliphatic rings. The molecule has 2 aromatic rings. The number of Topliss-reactive ketones (excluding diaryl/α,β-unsaturated/α-hetero) is 3. The summed E-state index contributed by atoms with van der Waals surface area (Å²) < 4.78 is 16.8. The second kappa shape index (κ2) is 7.84. The van der Waals surface area contributed by atoms with E-state index in [1.807, 2.05) is 0 Å². The Kier molecular flexibility index (Phi) is 5.47. The molecule has 1 aromatic heterocycles. The summed E-state index contributed by atoms with van der Waals surface area (Å²) in [5.41, 5.74) is 5.46. The molecule has 7 nitrogen and oxygen atoms in total. The van der Waals surface area contributed by atoms with Crippen molar-refractivity contribution in [3.63, 3.8) is 0 Å². The van der Waals surface area contributed by atoms with E-state index in [1.165, 1.54) is 6.20 Å². The van der Waals surface area contributed by atoms with Crippen LogP contribution in [0.4, 0.5) is 10.1 Å². The minimum absolute atomic E-state index is 0.000553. The van der Waals surface area contributed by atoms with Crippen LogP contribution in [0.3, 0.4) is 0 Å². The maximum absolute atomic E-state index is 15.1. The molecule has 1 saturated carbocycles. The average molecular weight is 448 g/mol. The molecule has 1 saturated heterocycles. The topological polar surface area (TPSA) is 102 Å². The summed E-state index contributed by atoms with van der Waals surface area (Å²) in [6.07, 6.45) is 3.69. The van der Waals surface area contributed by atoms with Gasteiger partial charge < -0.3 is 15.2 Å². The number of carbonyl (C=O) groups is 3. The SMILES string of the molecule is CC(=O)C(C(C)=O)C(=O)c1cn(C2CC2)c2c(Cl)c(N3CCC(N)C3)c(F)cc2c1=O. The quantitative estimate of drug-likeness (QED) is 0.539. The summed E-state index contributed by atoms with van der Waals surface area (Å²) >= 11 is 6.64. The molecule has 1 unspecified atom stereocenters. The van der Waals surface area contributed by atoms with Crippen LogP contribution in [0, 0.1) is 11.7 Å². The van der Waals surface area contributed by atoms with Crippen LogP contribution >= 0.6 is 11.6 Å². The molecule has 1 aromatic carbocycles. The molecule has 0 amide bonds. The van der Waals surface area contributed by atoms with Gasteiger partial charge in [0.2, 0.25) is 0 Å². The fourth-order valence-corrected chi connectivity index (χ4v) is 4.75. The van der Waals surface area contributed by atoms with Crippen molar-refractivity contribution in [3.8, 4) is 0 Å². The zero-order valence-electron chi connectivity index (χ0n) is 17.3. The van der Waals surface area contributed by atoms with Crippen molar-refractivity contribution in [3.05, 3.63) is 38.9 Å². The van der Waals surface area contributed by atoms with E-state index in [0.717, 1.165) is 32.8 Å². The highest BCUT2D eigenvalue weighted by molar-refractivity contribution is 6.38.